The van der Waals surface area contributed by atoms with E-state index in [0.29, 0.717) is 5.56 Å². The normalized spacial score (nSPS) is 11.3. The molecule has 3 aromatic rings. The smallest absolute Gasteiger partial charge is 0.273 e. The number of aryl methyl sites for hydroxylation is 2. The molecule has 0 atom stereocenters. The highest BCUT2D eigenvalue weighted by molar-refractivity contribution is 6.06. The monoisotopic (exact) mass is 281 g/mol. The van der Waals surface area contributed by atoms with Crippen molar-refractivity contribution >= 4 is 23.0 Å². The zero-order valence-electron chi connectivity index (χ0n) is 11.8. The number of H-pyrrole nitrogens is 1. The number of nitrogens with one attached hydrogen (secondary N) is 2. The molecule has 6 heteroatoms. The van der Waals surface area contributed by atoms with Gasteiger partial charge in [0.25, 0.3) is 5.91 Å². The van der Waals surface area contributed by atoms with Gasteiger partial charge in [0.1, 0.15) is 0 Å². The lowest BCUT2D eigenvalue weighted by Gasteiger charge is -1.97. The number of hydrogen-bond acceptors (Lipinski definition) is 3. The van der Waals surface area contributed by atoms with Crippen molar-refractivity contribution in [3.05, 3.63) is 53.5 Å². The highest BCUT2D eigenvalue weighted by Gasteiger charge is 2.10. The minimum Gasteiger partial charge on any atom is -0.360 e. The first-order chi connectivity index (χ1) is 10.1. The molecule has 0 aliphatic heterocycles. The van der Waals surface area contributed by atoms with Crippen LogP contribution < -0.4 is 5.43 Å². The lowest BCUT2D eigenvalue weighted by atomic mass is 10.2. The number of fused-ring (bicyclic) bond motifs is 1. The summed E-state index contributed by atoms with van der Waals surface area (Å²) in [5.41, 5.74) is 5.77. The predicted octanol–water partition coefficient (Wildman–Crippen LogP) is 1.97. The number of nitrogens with zero attached hydrogens (tertiary/aromatic N) is 3. The van der Waals surface area contributed by atoms with E-state index >= 15 is 0 Å². The summed E-state index contributed by atoms with van der Waals surface area (Å²) in [6.45, 7) is 1.89. The van der Waals surface area contributed by atoms with Crippen molar-refractivity contribution in [3.63, 3.8) is 0 Å². The zero-order valence-corrected chi connectivity index (χ0v) is 11.8. The molecule has 106 valence electrons. The fourth-order valence-corrected chi connectivity index (χ4v) is 2.22. The Morgan fingerprint density at radius 1 is 1.43 bits per heavy atom. The number of carbonyl (C=O) groups excluding carboxylic acids is 1. The SMILES string of the molecule is Cc1nn(C)cc1C=NNC(=O)c1c[nH]c2ccccc12. The van der Waals surface area contributed by atoms with Crippen LogP contribution >= 0.6 is 0 Å². The maximum atomic E-state index is 12.1. The molecule has 0 spiro atoms. The van der Waals surface area contributed by atoms with E-state index in [1.807, 2.05) is 44.4 Å². The average Bonchev–Trinajstić information content (AvgIpc) is 3.02. The number of rotatable bonds is 3. The Balaban J connectivity index is 1.76. The summed E-state index contributed by atoms with van der Waals surface area (Å²) in [4.78, 5) is 15.2. The van der Waals surface area contributed by atoms with Crippen LogP contribution in [0, 0.1) is 6.92 Å². The number of aromatic nitrogens is 3. The molecule has 0 aliphatic carbocycles. The maximum absolute atomic E-state index is 12.1. The topological polar surface area (TPSA) is 75.1 Å². The number of para-hydroxylation sites is 1. The van der Waals surface area contributed by atoms with Crippen LogP contribution in [0.1, 0.15) is 21.6 Å². The molecule has 2 aromatic heterocycles. The molecule has 0 saturated heterocycles. The fraction of sp³-hybridized carbons (Fsp3) is 0.133. The first kappa shape index (κ1) is 13.1. The van der Waals surface area contributed by atoms with Crippen molar-refractivity contribution in [2.45, 2.75) is 6.92 Å². The number of aromatic amines is 1. The molecule has 0 fully saturated rings. The molecule has 21 heavy (non-hydrogen) atoms. The van der Waals surface area contributed by atoms with E-state index in [-0.39, 0.29) is 5.91 Å². The lowest BCUT2D eigenvalue weighted by molar-refractivity contribution is 0.0957. The first-order valence-electron chi connectivity index (χ1n) is 6.55. The van der Waals surface area contributed by atoms with Crippen LogP contribution in [0.5, 0.6) is 0 Å². The van der Waals surface area contributed by atoms with E-state index in [9.17, 15) is 4.79 Å². The predicted molar refractivity (Wildman–Crippen MR) is 81.3 cm³/mol. The number of amides is 1. The standard InChI is InChI=1S/C15H15N5O/c1-10-11(9-20(2)19-10)7-17-18-15(21)13-8-16-14-6-4-3-5-12(13)14/h3-9,16H,1-2H3,(H,18,21). The number of hydrogen-bond donors (Lipinski definition) is 2. The molecule has 0 saturated carbocycles. The Kier molecular flexibility index (Phi) is 3.27. The third-order valence-electron chi connectivity index (χ3n) is 3.26. The maximum Gasteiger partial charge on any atom is 0.273 e. The molecule has 3 rings (SSSR count). The van der Waals surface area contributed by atoms with Crippen molar-refractivity contribution in [2.75, 3.05) is 0 Å². The van der Waals surface area contributed by atoms with Crippen LogP contribution in [0.3, 0.4) is 0 Å². The third kappa shape index (κ3) is 2.55. The molecule has 0 radical (unpaired) electrons. The van der Waals surface area contributed by atoms with Gasteiger partial charge >= 0.3 is 0 Å². The molecule has 6 nitrogen and oxygen atoms in total. The Morgan fingerprint density at radius 2 is 2.24 bits per heavy atom. The summed E-state index contributed by atoms with van der Waals surface area (Å²) in [6.07, 6.45) is 5.12. The molecule has 1 amide bonds. The van der Waals surface area contributed by atoms with Crippen molar-refractivity contribution in [3.8, 4) is 0 Å². The van der Waals surface area contributed by atoms with Crippen molar-refractivity contribution < 1.29 is 4.79 Å². The van der Waals surface area contributed by atoms with Gasteiger partial charge in [0.05, 0.1) is 17.5 Å². The molecule has 1 aromatic carbocycles. The Hall–Kier alpha value is -2.89. The summed E-state index contributed by atoms with van der Waals surface area (Å²) in [5.74, 6) is -0.245. The molecule has 2 heterocycles. The molecule has 0 unspecified atom stereocenters. The van der Waals surface area contributed by atoms with E-state index in [2.05, 4.69) is 20.6 Å². The van der Waals surface area contributed by atoms with E-state index in [1.165, 1.54) is 0 Å². The first-order valence-corrected chi connectivity index (χ1v) is 6.55. The van der Waals surface area contributed by atoms with Gasteiger partial charge < -0.3 is 4.98 Å². The van der Waals surface area contributed by atoms with Crippen molar-refractivity contribution in [2.24, 2.45) is 12.1 Å². The summed E-state index contributed by atoms with van der Waals surface area (Å²) < 4.78 is 1.71. The van der Waals surface area contributed by atoms with Crippen molar-refractivity contribution in [1.29, 1.82) is 0 Å². The molecular weight excluding hydrogens is 266 g/mol. The quantitative estimate of drug-likeness (QED) is 0.569. The summed E-state index contributed by atoms with van der Waals surface area (Å²) in [7, 11) is 1.84. The highest BCUT2D eigenvalue weighted by atomic mass is 16.2. The Bertz CT molecular complexity index is 828. The van der Waals surface area contributed by atoms with E-state index in [4.69, 9.17) is 0 Å². The van der Waals surface area contributed by atoms with Gasteiger partial charge in [-0.1, -0.05) is 18.2 Å². The molecule has 0 bridgehead atoms. The van der Waals surface area contributed by atoms with Crippen LogP contribution in [0.15, 0.2) is 41.8 Å². The molecular formula is C15H15N5O. The van der Waals surface area contributed by atoms with Crippen LogP contribution in [0.2, 0.25) is 0 Å². The Morgan fingerprint density at radius 3 is 3.00 bits per heavy atom. The zero-order chi connectivity index (χ0) is 14.8. The average molecular weight is 281 g/mol. The minimum absolute atomic E-state index is 0.245. The largest absolute Gasteiger partial charge is 0.360 e. The fourth-order valence-electron chi connectivity index (χ4n) is 2.22. The summed E-state index contributed by atoms with van der Waals surface area (Å²) >= 11 is 0. The lowest BCUT2D eigenvalue weighted by Crippen LogP contribution is -2.17. The van der Waals surface area contributed by atoms with Gasteiger partial charge in [-0.15, -0.1) is 0 Å². The molecule has 2 N–H and O–H groups in total. The van der Waals surface area contributed by atoms with E-state index in [0.717, 1.165) is 22.2 Å². The van der Waals surface area contributed by atoms with Crippen LogP contribution in [0.4, 0.5) is 0 Å². The van der Waals surface area contributed by atoms with Gasteiger partial charge in [0.2, 0.25) is 0 Å². The van der Waals surface area contributed by atoms with Crippen LogP contribution in [0.25, 0.3) is 10.9 Å². The van der Waals surface area contributed by atoms with Crippen LogP contribution in [-0.2, 0) is 7.05 Å². The van der Waals surface area contributed by atoms with Gasteiger partial charge in [0.15, 0.2) is 0 Å². The molecule has 0 aliphatic rings. The minimum atomic E-state index is -0.245. The summed E-state index contributed by atoms with van der Waals surface area (Å²) in [6, 6.07) is 7.64. The van der Waals surface area contributed by atoms with E-state index in [1.54, 1.807) is 17.1 Å². The van der Waals surface area contributed by atoms with Crippen molar-refractivity contribution in [1.82, 2.24) is 20.2 Å². The number of hydrazone groups is 1. The highest BCUT2D eigenvalue weighted by Crippen LogP contribution is 2.17. The third-order valence-corrected chi connectivity index (χ3v) is 3.26. The van der Waals surface area contributed by atoms with Gasteiger partial charge in [0, 0.05) is 35.9 Å². The van der Waals surface area contributed by atoms with Crippen LogP contribution in [-0.4, -0.2) is 26.9 Å². The van der Waals surface area contributed by atoms with Gasteiger partial charge in [-0.25, -0.2) is 5.43 Å². The second-order valence-corrected chi connectivity index (χ2v) is 4.79. The second kappa shape index (κ2) is 5.24. The Labute approximate surface area is 121 Å². The van der Waals surface area contributed by atoms with Gasteiger partial charge in [-0.3, -0.25) is 9.48 Å². The second-order valence-electron chi connectivity index (χ2n) is 4.79. The van der Waals surface area contributed by atoms with Gasteiger partial charge in [-0.2, -0.15) is 10.2 Å². The van der Waals surface area contributed by atoms with E-state index < -0.39 is 0 Å². The van der Waals surface area contributed by atoms with Gasteiger partial charge in [-0.05, 0) is 13.0 Å². The number of carbonyl (C=O) groups is 1. The summed E-state index contributed by atoms with van der Waals surface area (Å²) in [5, 5.41) is 9.07. The number of benzene rings is 1.